The van der Waals surface area contributed by atoms with E-state index in [0.717, 1.165) is 16.3 Å². The Labute approximate surface area is 221 Å². The highest BCUT2D eigenvalue weighted by atomic mass is 35.5. The number of benzene rings is 2. The summed E-state index contributed by atoms with van der Waals surface area (Å²) in [7, 11) is -4.62. The fraction of sp³-hybridized carbons (Fsp3) is 0.208. The summed E-state index contributed by atoms with van der Waals surface area (Å²) >= 11 is 12.4. The molecule has 1 fully saturated rings. The van der Waals surface area contributed by atoms with Crippen LogP contribution < -0.4 is 5.32 Å². The smallest absolute Gasteiger partial charge is 0.299 e. The number of hydrogen-bond donors (Lipinski definition) is 2. The molecule has 5 rings (SSSR count). The Morgan fingerprint density at radius 2 is 1.78 bits per heavy atom. The average Bonchev–Trinajstić information content (AvgIpc) is 3.32. The van der Waals surface area contributed by atoms with Crippen LogP contribution in [0.4, 0.5) is 15.9 Å². The normalized spacial score (nSPS) is 14.8. The molecule has 0 aliphatic carbocycles. The maximum Gasteiger partial charge on any atom is 0.299 e. The average molecular weight is 564 g/mol. The highest BCUT2D eigenvalue weighted by Gasteiger charge is 2.29. The van der Waals surface area contributed by atoms with Gasteiger partial charge in [-0.25, -0.2) is 9.37 Å². The van der Waals surface area contributed by atoms with Gasteiger partial charge < -0.3 is 10.2 Å². The molecular formula is C24H20Cl2FN5O4S. The second-order valence-corrected chi connectivity index (χ2v) is 10.8. The van der Waals surface area contributed by atoms with Gasteiger partial charge in [0.15, 0.2) is 10.5 Å². The van der Waals surface area contributed by atoms with Gasteiger partial charge in [0.2, 0.25) is 0 Å². The molecule has 0 radical (unpaired) electrons. The zero-order valence-corrected chi connectivity index (χ0v) is 21.4. The maximum atomic E-state index is 13.6. The summed E-state index contributed by atoms with van der Waals surface area (Å²) in [6.07, 6.45) is 3.56. The molecule has 3 heterocycles. The number of fused-ring (bicyclic) bond motifs is 1. The van der Waals surface area contributed by atoms with Crippen LogP contribution in [0.15, 0.2) is 59.8 Å². The Hall–Kier alpha value is -3.25. The van der Waals surface area contributed by atoms with Gasteiger partial charge in [-0.3, -0.25) is 9.35 Å². The minimum absolute atomic E-state index is 0.106. The van der Waals surface area contributed by atoms with Crippen LogP contribution in [0.1, 0.15) is 34.7 Å². The molecule has 1 aliphatic heterocycles. The van der Waals surface area contributed by atoms with Crippen LogP contribution >= 0.6 is 23.2 Å². The highest BCUT2D eigenvalue weighted by Crippen LogP contribution is 2.33. The van der Waals surface area contributed by atoms with E-state index in [2.05, 4.69) is 15.4 Å². The second kappa shape index (κ2) is 9.90. The highest BCUT2D eigenvalue weighted by molar-refractivity contribution is 7.86. The Morgan fingerprint density at radius 1 is 1.08 bits per heavy atom. The first kappa shape index (κ1) is 25.4. The zero-order chi connectivity index (χ0) is 26.3. The van der Waals surface area contributed by atoms with Crippen molar-refractivity contribution in [1.29, 1.82) is 0 Å². The Bertz CT molecular complexity index is 1600. The Kier molecular flexibility index (Phi) is 6.80. The number of hydrogen-bond acceptors (Lipinski definition) is 6. The number of aromatic nitrogens is 3. The SMILES string of the molecule is O=C(c1cnc2c(S(=O)(=O)O)cnn2c1Nc1cc(Cl)ccc1Cl)N1CCC(c2ccc(F)cc2)CC1. The van der Waals surface area contributed by atoms with Gasteiger partial charge in [-0.2, -0.15) is 18.0 Å². The van der Waals surface area contributed by atoms with Crippen molar-refractivity contribution in [1.82, 2.24) is 19.5 Å². The maximum absolute atomic E-state index is 13.6. The van der Waals surface area contributed by atoms with E-state index >= 15 is 0 Å². The molecule has 0 atom stereocenters. The zero-order valence-electron chi connectivity index (χ0n) is 19.1. The minimum atomic E-state index is -4.62. The molecule has 2 N–H and O–H groups in total. The third-order valence-corrected chi connectivity index (χ3v) is 7.72. The number of carbonyl (C=O) groups excluding carboxylic acids is 1. The lowest BCUT2D eigenvalue weighted by Crippen LogP contribution is -2.38. The quantitative estimate of drug-likeness (QED) is 0.321. The van der Waals surface area contributed by atoms with E-state index in [4.69, 9.17) is 23.2 Å². The fourth-order valence-electron chi connectivity index (χ4n) is 4.41. The summed E-state index contributed by atoms with van der Waals surface area (Å²) in [6.45, 7) is 0.900. The number of carbonyl (C=O) groups is 1. The lowest BCUT2D eigenvalue weighted by Gasteiger charge is -2.32. The number of nitrogens with zero attached hydrogens (tertiary/aromatic N) is 4. The number of likely N-dealkylation sites (tertiary alicyclic amines) is 1. The van der Waals surface area contributed by atoms with Crippen molar-refractivity contribution in [2.45, 2.75) is 23.7 Å². The largest absolute Gasteiger partial charge is 0.338 e. The van der Waals surface area contributed by atoms with Crippen molar-refractivity contribution in [2.24, 2.45) is 0 Å². The van der Waals surface area contributed by atoms with E-state index < -0.39 is 15.0 Å². The van der Waals surface area contributed by atoms with Crippen molar-refractivity contribution in [3.8, 4) is 0 Å². The van der Waals surface area contributed by atoms with Crippen molar-refractivity contribution in [3.63, 3.8) is 0 Å². The predicted molar refractivity (Wildman–Crippen MR) is 137 cm³/mol. The summed E-state index contributed by atoms with van der Waals surface area (Å²) < 4.78 is 47.6. The van der Waals surface area contributed by atoms with Crippen LogP contribution in [0.5, 0.6) is 0 Å². The van der Waals surface area contributed by atoms with Gasteiger partial charge in [0.1, 0.15) is 17.2 Å². The monoisotopic (exact) mass is 563 g/mol. The molecule has 1 aliphatic rings. The van der Waals surface area contributed by atoms with Crippen LogP contribution in [-0.4, -0.2) is 51.5 Å². The molecule has 0 spiro atoms. The molecule has 0 unspecified atom stereocenters. The molecule has 2 aromatic carbocycles. The van der Waals surface area contributed by atoms with Gasteiger partial charge in [0.05, 0.1) is 16.9 Å². The molecular weight excluding hydrogens is 544 g/mol. The molecule has 192 valence electrons. The summed E-state index contributed by atoms with van der Waals surface area (Å²) in [6, 6.07) is 11.1. The van der Waals surface area contributed by atoms with E-state index in [1.54, 1.807) is 35.2 Å². The molecule has 9 nitrogen and oxygen atoms in total. The van der Waals surface area contributed by atoms with Gasteiger partial charge in [0.25, 0.3) is 16.0 Å². The molecule has 13 heteroatoms. The van der Waals surface area contributed by atoms with Crippen molar-refractivity contribution >= 4 is 56.4 Å². The first-order valence-electron chi connectivity index (χ1n) is 11.2. The van der Waals surface area contributed by atoms with E-state index in [9.17, 15) is 22.2 Å². The Morgan fingerprint density at radius 3 is 2.46 bits per heavy atom. The predicted octanol–water partition coefficient (Wildman–Crippen LogP) is 5.19. The standard InChI is InChI=1S/C24H20Cl2FN5O4S/c25-16-3-6-19(26)20(11-16)30-22-18(12-28-23-21(37(34,35)36)13-29-32(22)23)24(33)31-9-7-15(8-10-31)14-1-4-17(27)5-2-14/h1-6,11-13,15,30H,7-10H2,(H,34,35,36). The Balaban J connectivity index is 1.50. The van der Waals surface area contributed by atoms with Crippen LogP contribution in [0.3, 0.4) is 0 Å². The van der Waals surface area contributed by atoms with E-state index in [0.29, 0.717) is 41.7 Å². The molecule has 0 saturated carbocycles. The first-order chi connectivity index (χ1) is 17.6. The number of piperidine rings is 1. The van der Waals surface area contributed by atoms with Crippen molar-refractivity contribution in [3.05, 3.63) is 81.8 Å². The fourth-order valence-corrected chi connectivity index (χ4v) is 5.30. The van der Waals surface area contributed by atoms with Gasteiger partial charge in [-0.05, 0) is 54.7 Å². The topological polar surface area (TPSA) is 117 Å². The van der Waals surface area contributed by atoms with Crippen molar-refractivity contribution in [2.75, 3.05) is 18.4 Å². The van der Waals surface area contributed by atoms with Crippen LogP contribution in [0, 0.1) is 5.82 Å². The molecule has 1 saturated heterocycles. The summed E-state index contributed by atoms with van der Waals surface area (Å²) in [5.41, 5.74) is 1.32. The molecule has 37 heavy (non-hydrogen) atoms. The number of amides is 1. The molecule has 2 aromatic heterocycles. The van der Waals surface area contributed by atoms with Gasteiger partial charge >= 0.3 is 0 Å². The minimum Gasteiger partial charge on any atom is -0.338 e. The second-order valence-electron chi connectivity index (χ2n) is 8.61. The van der Waals surface area contributed by atoms with Crippen LogP contribution in [0.2, 0.25) is 10.0 Å². The number of anilines is 2. The lowest BCUT2D eigenvalue weighted by molar-refractivity contribution is 0.0713. The van der Waals surface area contributed by atoms with Crippen LogP contribution in [0.25, 0.3) is 5.65 Å². The summed E-state index contributed by atoms with van der Waals surface area (Å²) in [5.74, 6) is -0.349. The van der Waals surface area contributed by atoms with Gasteiger partial charge in [0, 0.05) is 24.3 Å². The number of halogens is 3. The molecule has 0 bridgehead atoms. The summed E-state index contributed by atoms with van der Waals surface area (Å²) in [4.78, 5) is 18.9. The van der Waals surface area contributed by atoms with Gasteiger partial charge in [-0.15, -0.1) is 0 Å². The third-order valence-electron chi connectivity index (χ3n) is 6.31. The first-order valence-corrected chi connectivity index (χ1v) is 13.4. The number of rotatable bonds is 5. The van der Waals surface area contributed by atoms with E-state index in [1.165, 1.54) is 18.3 Å². The number of nitrogens with one attached hydrogen (secondary N) is 1. The summed E-state index contributed by atoms with van der Waals surface area (Å²) in [5, 5.41) is 7.77. The van der Waals surface area contributed by atoms with E-state index in [1.807, 2.05) is 0 Å². The van der Waals surface area contributed by atoms with E-state index in [-0.39, 0.29) is 34.7 Å². The lowest BCUT2D eigenvalue weighted by atomic mass is 9.89. The van der Waals surface area contributed by atoms with Crippen LogP contribution in [-0.2, 0) is 10.1 Å². The molecule has 1 amide bonds. The third kappa shape index (κ3) is 5.12. The van der Waals surface area contributed by atoms with Crippen molar-refractivity contribution < 1.29 is 22.2 Å². The molecule has 4 aromatic rings. The van der Waals surface area contributed by atoms with Gasteiger partial charge in [-0.1, -0.05) is 35.3 Å².